The molecule has 0 saturated carbocycles. The molecule has 0 aliphatic rings. The third-order valence-electron chi connectivity index (χ3n) is 12.9. The molecule has 0 aromatic heterocycles. The number of carbonyl (C=O) groups excluding carboxylic acids is 2. The molecule has 5 heteroatoms. The summed E-state index contributed by atoms with van der Waals surface area (Å²) >= 11 is 0. The van der Waals surface area contributed by atoms with Crippen LogP contribution in [0.2, 0.25) is 0 Å². The number of unbranched alkanes of at least 4 members (excludes halogenated alkanes) is 30. The largest absolute Gasteiger partial charge is 0.462 e. The minimum absolute atomic E-state index is 0.0732. The Morgan fingerprint density at radius 3 is 1.07 bits per heavy atom. The van der Waals surface area contributed by atoms with Crippen molar-refractivity contribution in [2.45, 2.75) is 297 Å². The van der Waals surface area contributed by atoms with Crippen LogP contribution < -0.4 is 0 Å². The van der Waals surface area contributed by atoms with Gasteiger partial charge in [0, 0.05) is 19.4 Å². The molecule has 5 nitrogen and oxygen atoms in total. The Bertz CT molecular complexity index is 1290. The fourth-order valence-corrected chi connectivity index (χ4v) is 8.41. The molecule has 1 atom stereocenters. The first-order valence-electron chi connectivity index (χ1n) is 30.1. The van der Waals surface area contributed by atoms with Crippen LogP contribution in [-0.2, 0) is 23.8 Å². The van der Waals surface area contributed by atoms with Crippen molar-refractivity contribution in [3.63, 3.8) is 0 Å². The third-order valence-corrected chi connectivity index (χ3v) is 12.9. The summed E-state index contributed by atoms with van der Waals surface area (Å²) in [4.78, 5) is 25.6. The van der Waals surface area contributed by atoms with Crippen LogP contribution in [0.15, 0.2) is 85.1 Å². The van der Waals surface area contributed by atoms with Gasteiger partial charge in [-0.1, -0.05) is 247 Å². The zero-order chi connectivity index (χ0) is 50.6. The van der Waals surface area contributed by atoms with E-state index in [4.69, 9.17) is 14.2 Å². The zero-order valence-electron chi connectivity index (χ0n) is 46.5. The summed E-state index contributed by atoms with van der Waals surface area (Å²) in [6, 6.07) is 0. The van der Waals surface area contributed by atoms with E-state index in [1.54, 1.807) is 0 Å². The molecule has 0 N–H and O–H groups in total. The summed E-state index contributed by atoms with van der Waals surface area (Å²) in [5, 5.41) is 0. The number of ether oxygens (including phenoxy) is 3. The normalized spacial score (nSPS) is 12.8. The fraction of sp³-hybridized carbons (Fsp3) is 0.754. The van der Waals surface area contributed by atoms with Gasteiger partial charge in [0.25, 0.3) is 0 Å². The fourth-order valence-electron chi connectivity index (χ4n) is 8.41. The predicted molar refractivity (Wildman–Crippen MR) is 307 cm³/mol. The Balaban J connectivity index is 4.30. The van der Waals surface area contributed by atoms with Crippen molar-refractivity contribution >= 4 is 11.9 Å². The molecular formula is C65H114O5. The molecule has 70 heavy (non-hydrogen) atoms. The minimum atomic E-state index is -0.553. The van der Waals surface area contributed by atoms with Crippen molar-refractivity contribution in [1.29, 1.82) is 0 Å². The molecule has 0 radical (unpaired) electrons. The molecule has 0 saturated heterocycles. The molecule has 0 aromatic rings. The Kier molecular flexibility index (Phi) is 57.9. The van der Waals surface area contributed by atoms with Crippen molar-refractivity contribution in [3.8, 4) is 0 Å². The predicted octanol–water partition coefficient (Wildman–Crippen LogP) is 20.8. The monoisotopic (exact) mass is 975 g/mol. The van der Waals surface area contributed by atoms with Gasteiger partial charge in [-0.3, -0.25) is 9.59 Å². The number of allylic oxidation sites excluding steroid dienone is 14. The van der Waals surface area contributed by atoms with E-state index in [0.717, 1.165) is 83.5 Å². The standard InChI is InChI=1S/C65H114O5/c1-4-7-10-13-16-19-22-25-28-30-32-34-36-39-42-45-48-51-54-57-60-68-61-63(70-65(67)59-56-53-50-47-44-41-37-27-24-21-18-15-12-9-6-3)62-69-64(66)58-55-52-49-46-43-40-38-35-33-31-29-26-23-20-17-14-11-8-5-2/h7,10,16-17,19-20,25-29,32,34,37,63H,4-6,8-9,11-15,18,21-24,30-31,33,35-36,38-62H2,1-3H3/b10-7-,19-16-,20-17-,28-25-,29-26-,34-32-,37-27-. The molecule has 0 aliphatic heterocycles. The molecule has 0 heterocycles. The molecule has 0 aromatic carbocycles. The van der Waals surface area contributed by atoms with Gasteiger partial charge in [-0.25, -0.2) is 0 Å². The van der Waals surface area contributed by atoms with Gasteiger partial charge in [0.2, 0.25) is 0 Å². The molecule has 404 valence electrons. The first-order valence-corrected chi connectivity index (χ1v) is 30.1. The molecular weight excluding hydrogens is 861 g/mol. The van der Waals surface area contributed by atoms with E-state index in [1.165, 1.54) is 173 Å². The average molecular weight is 976 g/mol. The van der Waals surface area contributed by atoms with Crippen molar-refractivity contribution in [1.82, 2.24) is 0 Å². The van der Waals surface area contributed by atoms with Crippen LogP contribution >= 0.6 is 0 Å². The highest BCUT2D eigenvalue weighted by atomic mass is 16.6. The summed E-state index contributed by atoms with van der Waals surface area (Å²) in [6.07, 6.45) is 80.3. The quantitative estimate of drug-likeness (QED) is 0.0345. The topological polar surface area (TPSA) is 61.8 Å². The molecule has 0 spiro atoms. The maximum atomic E-state index is 12.9. The van der Waals surface area contributed by atoms with Crippen LogP contribution in [0.1, 0.15) is 290 Å². The second-order valence-corrected chi connectivity index (χ2v) is 19.9. The van der Waals surface area contributed by atoms with E-state index in [1.807, 2.05) is 0 Å². The van der Waals surface area contributed by atoms with E-state index in [-0.39, 0.29) is 25.2 Å². The molecule has 0 fully saturated rings. The maximum absolute atomic E-state index is 12.9. The number of hydrogen-bond donors (Lipinski definition) is 0. The van der Waals surface area contributed by atoms with Gasteiger partial charge in [0.05, 0.1) is 6.61 Å². The number of carbonyl (C=O) groups is 2. The Morgan fingerprint density at radius 2 is 0.643 bits per heavy atom. The Morgan fingerprint density at radius 1 is 0.329 bits per heavy atom. The van der Waals surface area contributed by atoms with Gasteiger partial charge in [-0.2, -0.15) is 0 Å². The highest BCUT2D eigenvalue weighted by molar-refractivity contribution is 5.70. The van der Waals surface area contributed by atoms with E-state index >= 15 is 0 Å². The van der Waals surface area contributed by atoms with Gasteiger partial charge < -0.3 is 14.2 Å². The Hall–Kier alpha value is -2.92. The summed E-state index contributed by atoms with van der Waals surface area (Å²) in [5.74, 6) is -0.411. The maximum Gasteiger partial charge on any atom is 0.306 e. The van der Waals surface area contributed by atoms with E-state index < -0.39 is 6.10 Å². The lowest BCUT2D eigenvalue weighted by atomic mass is 10.1. The smallest absolute Gasteiger partial charge is 0.306 e. The SMILES string of the molecule is CC/C=C\C/C=C\C/C=C\C/C=C\CCCCCCCCCOCC(COC(=O)CCCCCCCCCCC/C=C\C/C=C\CCCCC)OC(=O)CCCCCCC/C=C\CCCCCCCC. The van der Waals surface area contributed by atoms with Gasteiger partial charge in [-0.05, 0) is 116 Å². The van der Waals surface area contributed by atoms with Gasteiger partial charge >= 0.3 is 11.9 Å². The van der Waals surface area contributed by atoms with Crippen LogP contribution in [0.25, 0.3) is 0 Å². The average Bonchev–Trinajstić information content (AvgIpc) is 3.36. The van der Waals surface area contributed by atoms with E-state index in [9.17, 15) is 9.59 Å². The second-order valence-electron chi connectivity index (χ2n) is 19.9. The van der Waals surface area contributed by atoms with Gasteiger partial charge in [0.15, 0.2) is 6.10 Å². The lowest BCUT2D eigenvalue weighted by Gasteiger charge is -2.18. The lowest BCUT2D eigenvalue weighted by Crippen LogP contribution is -2.30. The first-order chi connectivity index (χ1) is 34.6. The third kappa shape index (κ3) is 57.7. The van der Waals surface area contributed by atoms with E-state index in [2.05, 4.69) is 106 Å². The lowest BCUT2D eigenvalue weighted by molar-refractivity contribution is -0.163. The van der Waals surface area contributed by atoms with E-state index in [0.29, 0.717) is 19.4 Å². The molecule has 0 amide bonds. The van der Waals surface area contributed by atoms with Crippen molar-refractivity contribution < 1.29 is 23.8 Å². The highest BCUT2D eigenvalue weighted by Crippen LogP contribution is 2.15. The minimum Gasteiger partial charge on any atom is -0.462 e. The summed E-state index contributed by atoms with van der Waals surface area (Å²) in [6.45, 7) is 7.68. The van der Waals surface area contributed by atoms with Crippen LogP contribution in [0.5, 0.6) is 0 Å². The first kappa shape index (κ1) is 67.1. The number of rotatable bonds is 55. The molecule has 0 aliphatic carbocycles. The molecule has 1 unspecified atom stereocenters. The van der Waals surface area contributed by atoms with Crippen LogP contribution in [-0.4, -0.2) is 37.9 Å². The van der Waals surface area contributed by atoms with Crippen molar-refractivity contribution in [2.75, 3.05) is 19.8 Å². The van der Waals surface area contributed by atoms with Crippen LogP contribution in [0.3, 0.4) is 0 Å². The second kappa shape index (κ2) is 60.4. The van der Waals surface area contributed by atoms with Crippen LogP contribution in [0, 0.1) is 0 Å². The number of esters is 2. The van der Waals surface area contributed by atoms with Crippen LogP contribution in [0.4, 0.5) is 0 Å². The zero-order valence-corrected chi connectivity index (χ0v) is 46.5. The molecule has 0 bridgehead atoms. The van der Waals surface area contributed by atoms with Crippen molar-refractivity contribution in [2.24, 2.45) is 0 Å². The Labute approximate surface area is 435 Å². The summed E-state index contributed by atoms with van der Waals surface area (Å²) in [5.41, 5.74) is 0. The highest BCUT2D eigenvalue weighted by Gasteiger charge is 2.17. The number of hydrogen-bond acceptors (Lipinski definition) is 5. The van der Waals surface area contributed by atoms with Gasteiger partial charge in [0.1, 0.15) is 6.61 Å². The summed E-state index contributed by atoms with van der Waals surface area (Å²) < 4.78 is 17.5. The van der Waals surface area contributed by atoms with Crippen molar-refractivity contribution in [3.05, 3.63) is 85.1 Å². The van der Waals surface area contributed by atoms with Gasteiger partial charge in [-0.15, -0.1) is 0 Å². The summed E-state index contributed by atoms with van der Waals surface area (Å²) in [7, 11) is 0. The molecule has 0 rings (SSSR count).